The van der Waals surface area contributed by atoms with Crippen molar-refractivity contribution in [2.75, 3.05) is 0 Å². The zero-order valence-electron chi connectivity index (χ0n) is 14.0. The van der Waals surface area contributed by atoms with Crippen molar-refractivity contribution in [2.45, 2.75) is 83.5 Å². The van der Waals surface area contributed by atoms with Crippen LogP contribution in [-0.4, -0.2) is 33.6 Å². The molecule has 0 amide bonds. The highest BCUT2D eigenvalue weighted by Crippen LogP contribution is 2.66. The van der Waals surface area contributed by atoms with Gasteiger partial charge in [-0.3, -0.25) is 0 Å². The van der Waals surface area contributed by atoms with Gasteiger partial charge >= 0.3 is 0 Å². The van der Waals surface area contributed by atoms with E-state index < -0.39 is 0 Å². The zero-order valence-corrected chi connectivity index (χ0v) is 14.0. The third-order valence-electron chi connectivity index (χ3n) is 8.31. The Morgan fingerprint density at radius 2 is 1.64 bits per heavy atom. The lowest BCUT2D eigenvalue weighted by atomic mass is 9.44. The van der Waals surface area contributed by atoms with Gasteiger partial charge in [-0.05, 0) is 85.9 Å². The minimum Gasteiger partial charge on any atom is -0.393 e. The first-order chi connectivity index (χ1) is 10.3. The maximum absolute atomic E-state index is 11.0. The van der Waals surface area contributed by atoms with E-state index in [-0.39, 0.29) is 29.1 Å². The summed E-state index contributed by atoms with van der Waals surface area (Å²) >= 11 is 0. The SMILES string of the molecule is CC12CC(O)CC1C1CCC3CC(O)CCC3(C)C1C(O)C2. The normalized spacial score (nSPS) is 61.2. The van der Waals surface area contributed by atoms with E-state index in [1.54, 1.807) is 0 Å². The second-order valence-electron chi connectivity index (χ2n) is 9.52. The van der Waals surface area contributed by atoms with E-state index >= 15 is 0 Å². The molecule has 4 saturated carbocycles. The molecule has 22 heavy (non-hydrogen) atoms. The fourth-order valence-corrected chi connectivity index (χ4v) is 7.40. The molecule has 9 unspecified atom stereocenters. The molecule has 0 aliphatic heterocycles. The Hall–Kier alpha value is -0.120. The fraction of sp³-hybridized carbons (Fsp3) is 1.00. The Morgan fingerprint density at radius 3 is 2.41 bits per heavy atom. The molecule has 0 aromatic carbocycles. The predicted octanol–water partition coefficient (Wildman–Crippen LogP) is 2.72. The third-order valence-corrected chi connectivity index (χ3v) is 8.31. The summed E-state index contributed by atoms with van der Waals surface area (Å²) in [5.74, 6) is 2.10. The van der Waals surface area contributed by atoms with E-state index in [1.165, 1.54) is 12.8 Å². The van der Waals surface area contributed by atoms with Gasteiger partial charge < -0.3 is 15.3 Å². The van der Waals surface area contributed by atoms with Crippen molar-refractivity contribution in [1.29, 1.82) is 0 Å². The average molecular weight is 308 g/mol. The minimum absolute atomic E-state index is 0.131. The van der Waals surface area contributed by atoms with Crippen molar-refractivity contribution in [3.63, 3.8) is 0 Å². The van der Waals surface area contributed by atoms with Crippen LogP contribution in [0.5, 0.6) is 0 Å². The molecule has 0 heterocycles. The molecule has 4 fully saturated rings. The van der Waals surface area contributed by atoms with Crippen LogP contribution in [0.15, 0.2) is 0 Å². The summed E-state index contributed by atoms with van der Waals surface area (Å²) in [6.45, 7) is 4.68. The van der Waals surface area contributed by atoms with Gasteiger partial charge in [0, 0.05) is 0 Å². The summed E-state index contributed by atoms with van der Waals surface area (Å²) in [6.07, 6.45) is 7.41. The van der Waals surface area contributed by atoms with E-state index in [0.29, 0.717) is 23.7 Å². The summed E-state index contributed by atoms with van der Waals surface area (Å²) in [5.41, 5.74) is 0.327. The summed E-state index contributed by atoms with van der Waals surface area (Å²) in [4.78, 5) is 0. The molecule has 0 radical (unpaired) electrons. The van der Waals surface area contributed by atoms with Crippen LogP contribution in [0.1, 0.15) is 65.2 Å². The van der Waals surface area contributed by atoms with Crippen LogP contribution in [0.4, 0.5) is 0 Å². The van der Waals surface area contributed by atoms with Gasteiger partial charge in [0.2, 0.25) is 0 Å². The van der Waals surface area contributed by atoms with Crippen LogP contribution >= 0.6 is 0 Å². The van der Waals surface area contributed by atoms with Crippen LogP contribution in [0.25, 0.3) is 0 Å². The van der Waals surface area contributed by atoms with Crippen LogP contribution < -0.4 is 0 Å². The second kappa shape index (κ2) is 4.94. The van der Waals surface area contributed by atoms with Crippen molar-refractivity contribution < 1.29 is 15.3 Å². The summed E-state index contributed by atoms with van der Waals surface area (Å²) in [6, 6.07) is 0. The average Bonchev–Trinajstić information content (AvgIpc) is 2.73. The van der Waals surface area contributed by atoms with Gasteiger partial charge in [0.15, 0.2) is 0 Å². The van der Waals surface area contributed by atoms with Gasteiger partial charge in [0.25, 0.3) is 0 Å². The fourth-order valence-electron chi connectivity index (χ4n) is 7.40. The Kier molecular flexibility index (Phi) is 3.46. The molecule has 0 aromatic rings. The smallest absolute Gasteiger partial charge is 0.0581 e. The highest BCUT2D eigenvalue weighted by atomic mass is 16.3. The van der Waals surface area contributed by atoms with Crippen LogP contribution in [0, 0.1) is 34.5 Å². The lowest BCUT2D eigenvalue weighted by Crippen LogP contribution is -2.58. The van der Waals surface area contributed by atoms with Crippen molar-refractivity contribution in [3.05, 3.63) is 0 Å². The Balaban J connectivity index is 1.67. The molecule has 4 aliphatic carbocycles. The molecule has 0 spiro atoms. The van der Waals surface area contributed by atoms with E-state index in [1.807, 2.05) is 0 Å². The number of aliphatic hydroxyl groups excluding tert-OH is 3. The number of fused-ring (bicyclic) bond motifs is 5. The van der Waals surface area contributed by atoms with Crippen molar-refractivity contribution in [2.24, 2.45) is 34.5 Å². The summed E-state index contributed by atoms with van der Waals surface area (Å²) < 4.78 is 0. The van der Waals surface area contributed by atoms with Gasteiger partial charge in [0.1, 0.15) is 0 Å². The molecule has 0 saturated heterocycles. The first-order valence-electron chi connectivity index (χ1n) is 9.38. The van der Waals surface area contributed by atoms with Crippen molar-refractivity contribution >= 4 is 0 Å². The lowest BCUT2D eigenvalue weighted by molar-refractivity contribution is -0.171. The minimum atomic E-state index is -0.223. The largest absolute Gasteiger partial charge is 0.393 e. The molecule has 0 bridgehead atoms. The molecular formula is C19H32O3. The summed E-state index contributed by atoms with van der Waals surface area (Å²) in [5, 5.41) is 31.3. The number of rotatable bonds is 0. The van der Waals surface area contributed by atoms with Crippen molar-refractivity contribution in [3.8, 4) is 0 Å². The maximum atomic E-state index is 11.0. The molecule has 4 aliphatic rings. The standard InChI is InChI=1S/C19H32O3/c1-18-9-13(21)8-15(18)14-4-3-11-7-12(20)5-6-19(11,2)17(14)16(22)10-18/h11-17,20-22H,3-10H2,1-2H3. The van der Waals surface area contributed by atoms with Gasteiger partial charge in [-0.15, -0.1) is 0 Å². The monoisotopic (exact) mass is 308 g/mol. The Morgan fingerprint density at radius 1 is 0.864 bits per heavy atom. The maximum Gasteiger partial charge on any atom is 0.0581 e. The Bertz CT molecular complexity index is 452. The van der Waals surface area contributed by atoms with Crippen LogP contribution in [-0.2, 0) is 0 Å². The highest BCUT2D eigenvalue weighted by molar-refractivity contribution is 5.11. The first-order valence-corrected chi connectivity index (χ1v) is 9.38. The molecule has 3 heteroatoms. The molecule has 3 N–H and O–H groups in total. The van der Waals surface area contributed by atoms with E-state index in [2.05, 4.69) is 13.8 Å². The van der Waals surface area contributed by atoms with E-state index in [0.717, 1.165) is 38.5 Å². The number of aliphatic hydroxyl groups is 3. The van der Waals surface area contributed by atoms with E-state index in [9.17, 15) is 15.3 Å². The van der Waals surface area contributed by atoms with Crippen LogP contribution in [0.2, 0.25) is 0 Å². The molecular weight excluding hydrogens is 276 g/mol. The van der Waals surface area contributed by atoms with Crippen LogP contribution in [0.3, 0.4) is 0 Å². The molecule has 126 valence electrons. The number of hydrogen-bond acceptors (Lipinski definition) is 3. The quantitative estimate of drug-likeness (QED) is 0.645. The lowest BCUT2D eigenvalue weighted by Gasteiger charge is -2.61. The molecule has 0 aromatic heterocycles. The summed E-state index contributed by atoms with van der Waals surface area (Å²) in [7, 11) is 0. The van der Waals surface area contributed by atoms with Gasteiger partial charge in [-0.2, -0.15) is 0 Å². The molecule has 3 nitrogen and oxygen atoms in total. The number of hydrogen-bond donors (Lipinski definition) is 3. The third kappa shape index (κ3) is 2.04. The predicted molar refractivity (Wildman–Crippen MR) is 85.1 cm³/mol. The second-order valence-corrected chi connectivity index (χ2v) is 9.52. The topological polar surface area (TPSA) is 60.7 Å². The zero-order chi connectivity index (χ0) is 15.7. The Labute approximate surface area is 134 Å². The van der Waals surface area contributed by atoms with Crippen molar-refractivity contribution in [1.82, 2.24) is 0 Å². The van der Waals surface area contributed by atoms with Gasteiger partial charge in [-0.25, -0.2) is 0 Å². The van der Waals surface area contributed by atoms with Gasteiger partial charge in [0.05, 0.1) is 18.3 Å². The van der Waals surface area contributed by atoms with E-state index in [4.69, 9.17) is 0 Å². The first kappa shape index (κ1) is 15.4. The van der Waals surface area contributed by atoms with Gasteiger partial charge in [-0.1, -0.05) is 13.8 Å². The highest BCUT2D eigenvalue weighted by Gasteiger charge is 2.61. The molecule has 9 atom stereocenters. The molecule has 4 rings (SSSR count).